The molecule has 0 spiro atoms. The van der Waals surface area contributed by atoms with Crippen molar-refractivity contribution in [3.05, 3.63) is 79.2 Å². The zero-order valence-electron chi connectivity index (χ0n) is 18.0. The van der Waals surface area contributed by atoms with E-state index in [2.05, 4.69) is 9.98 Å². The van der Waals surface area contributed by atoms with E-state index in [9.17, 15) is 9.90 Å². The lowest BCUT2D eigenvalue weighted by Crippen LogP contribution is -2.23. The number of aromatic hydroxyl groups is 1. The summed E-state index contributed by atoms with van der Waals surface area (Å²) in [7, 11) is 0. The quantitative estimate of drug-likeness (QED) is 0.259. The summed E-state index contributed by atoms with van der Waals surface area (Å²) in [6, 6.07) is 17.8. The zero-order valence-corrected chi connectivity index (χ0v) is 20.4. The van der Waals surface area contributed by atoms with Crippen LogP contribution in [-0.4, -0.2) is 31.9 Å². The second kappa shape index (κ2) is 11.1. The molecule has 6 nitrogen and oxygen atoms in total. The van der Waals surface area contributed by atoms with Gasteiger partial charge >= 0.3 is 5.97 Å². The number of hydrogen-bond donors (Lipinski definition) is 2. The first-order chi connectivity index (χ1) is 16.5. The van der Waals surface area contributed by atoms with Crippen LogP contribution in [0, 0.1) is 3.95 Å². The maximum atomic E-state index is 10.8. The van der Waals surface area contributed by atoms with Gasteiger partial charge < -0.3 is 10.2 Å². The molecule has 0 saturated heterocycles. The second-order valence-corrected chi connectivity index (χ2v) is 9.82. The first kappa shape index (κ1) is 23.7. The molecule has 0 aliphatic heterocycles. The Labute approximate surface area is 209 Å². The third-order valence-corrected chi connectivity index (χ3v) is 7.08. The van der Waals surface area contributed by atoms with Gasteiger partial charge in [0, 0.05) is 30.1 Å². The molecule has 0 radical (unpaired) electrons. The van der Waals surface area contributed by atoms with Gasteiger partial charge in [-0.25, -0.2) is 9.98 Å². The number of hydrogen-bond acceptors (Lipinski definition) is 7. The van der Waals surface area contributed by atoms with Gasteiger partial charge in [0.1, 0.15) is 0 Å². The Balaban J connectivity index is 1.58. The Kier molecular flexibility index (Phi) is 7.79. The number of aliphatic carboxylic acids is 1. The second-order valence-electron chi connectivity index (χ2n) is 7.30. The van der Waals surface area contributed by atoms with E-state index in [4.69, 9.17) is 17.3 Å². The smallest absolute Gasteiger partial charge is 0.303 e. The highest BCUT2D eigenvalue weighted by atomic mass is 32.1. The van der Waals surface area contributed by atoms with Crippen LogP contribution >= 0.6 is 34.9 Å². The number of nitrogens with zero attached hydrogens (tertiary/aromatic N) is 3. The molecule has 4 aromatic rings. The maximum absolute atomic E-state index is 10.8. The average molecular weight is 508 g/mol. The standard InChI is InChI=1S/C25H21N3O3S3/c29-22(30)11-6-14-28-23(31)21(34-25(28)32)15-19-10-5-4-7-17(19)12-13-26-24-27-20(16-33-24)18-8-2-1-3-9-18/h1-5,7-10,12-13,15-16,31H,6,11,14H2,(H,29,30). The van der Waals surface area contributed by atoms with Crippen LogP contribution in [0.15, 0.2) is 65.0 Å². The third-order valence-electron chi connectivity index (χ3n) is 4.95. The predicted molar refractivity (Wildman–Crippen MR) is 141 cm³/mol. The van der Waals surface area contributed by atoms with Gasteiger partial charge in [-0.3, -0.25) is 9.36 Å². The number of aromatic nitrogens is 2. The Morgan fingerprint density at radius 3 is 2.62 bits per heavy atom. The summed E-state index contributed by atoms with van der Waals surface area (Å²) in [5.74, 6) is -0.812. The lowest BCUT2D eigenvalue weighted by atomic mass is 10.2. The highest BCUT2D eigenvalue weighted by molar-refractivity contribution is 7.73. The number of carboxylic acid groups (broad SMARTS) is 1. The van der Waals surface area contributed by atoms with Crippen LogP contribution in [0.4, 0.5) is 5.13 Å². The number of rotatable bonds is 8. The highest BCUT2D eigenvalue weighted by Crippen LogP contribution is 2.27. The van der Waals surface area contributed by atoms with Gasteiger partial charge in [0.15, 0.2) is 3.95 Å². The van der Waals surface area contributed by atoms with Crippen molar-refractivity contribution < 1.29 is 15.0 Å². The van der Waals surface area contributed by atoms with Crippen LogP contribution in [0.3, 0.4) is 0 Å². The molecule has 2 N–H and O–H groups in total. The largest absolute Gasteiger partial charge is 0.493 e. The molecular weight excluding hydrogens is 486 g/mol. The van der Waals surface area contributed by atoms with Crippen LogP contribution < -0.4 is 10.4 Å². The average Bonchev–Trinajstić information content (AvgIpc) is 3.41. The molecule has 0 aliphatic rings. The summed E-state index contributed by atoms with van der Waals surface area (Å²) in [5, 5.41) is 24.0. The molecule has 9 heteroatoms. The normalized spacial score (nSPS) is 12.6. The SMILES string of the molecule is O=C(O)CCCn1c(O)c(C=c2ccccc2=CC=Nc2nc(-c3ccccc3)cs2)sc1=S. The molecule has 2 aromatic heterocycles. The molecule has 4 rings (SSSR count). The van der Waals surface area contributed by atoms with Crippen LogP contribution in [0.5, 0.6) is 5.88 Å². The minimum absolute atomic E-state index is 0.0270. The summed E-state index contributed by atoms with van der Waals surface area (Å²) in [6.07, 6.45) is 5.92. The molecule has 172 valence electrons. The molecule has 0 aliphatic carbocycles. The van der Waals surface area contributed by atoms with Gasteiger partial charge in [-0.1, -0.05) is 54.6 Å². The number of carboxylic acids is 1. The lowest BCUT2D eigenvalue weighted by molar-refractivity contribution is -0.137. The molecule has 2 heterocycles. The number of thiazole rings is 2. The van der Waals surface area contributed by atoms with E-state index >= 15 is 0 Å². The molecule has 0 saturated carbocycles. The van der Waals surface area contributed by atoms with Gasteiger partial charge in [0.2, 0.25) is 11.0 Å². The third kappa shape index (κ3) is 5.93. The molecule has 0 fully saturated rings. The monoisotopic (exact) mass is 507 g/mol. The van der Waals surface area contributed by atoms with Crippen molar-refractivity contribution in [2.24, 2.45) is 4.99 Å². The fourth-order valence-corrected chi connectivity index (χ4v) is 5.26. The van der Waals surface area contributed by atoms with Crippen molar-refractivity contribution in [1.82, 2.24) is 9.55 Å². The van der Waals surface area contributed by atoms with Crippen LogP contribution in [-0.2, 0) is 11.3 Å². The summed E-state index contributed by atoms with van der Waals surface area (Å²) in [5.41, 5.74) is 1.96. The minimum atomic E-state index is -0.867. The molecule has 0 amide bonds. The van der Waals surface area contributed by atoms with Crippen LogP contribution in [0.2, 0.25) is 0 Å². The van der Waals surface area contributed by atoms with Crippen molar-refractivity contribution in [3.8, 4) is 17.1 Å². The van der Waals surface area contributed by atoms with Gasteiger partial charge in [0.05, 0.1) is 10.6 Å². The molecule has 2 aromatic carbocycles. The topological polar surface area (TPSA) is 87.7 Å². The van der Waals surface area contributed by atoms with Gasteiger partial charge in [-0.2, -0.15) is 0 Å². The van der Waals surface area contributed by atoms with Crippen LogP contribution in [0.25, 0.3) is 23.4 Å². The van der Waals surface area contributed by atoms with E-state index in [0.29, 0.717) is 26.9 Å². The van der Waals surface area contributed by atoms with Crippen molar-refractivity contribution >= 4 is 64.4 Å². The minimum Gasteiger partial charge on any atom is -0.493 e. The van der Waals surface area contributed by atoms with E-state index in [1.807, 2.05) is 72.1 Å². The molecular formula is C25H21N3O3S3. The first-order valence-electron chi connectivity index (χ1n) is 10.5. The van der Waals surface area contributed by atoms with Crippen molar-refractivity contribution in [3.63, 3.8) is 0 Å². The molecule has 0 bridgehead atoms. The van der Waals surface area contributed by atoms with Gasteiger partial charge in [0.25, 0.3) is 0 Å². The number of benzene rings is 2. The Bertz CT molecular complexity index is 1500. The van der Waals surface area contributed by atoms with E-state index < -0.39 is 5.97 Å². The fraction of sp³-hybridized carbons (Fsp3) is 0.120. The van der Waals surface area contributed by atoms with Crippen molar-refractivity contribution in [2.45, 2.75) is 19.4 Å². The Morgan fingerprint density at radius 2 is 1.85 bits per heavy atom. The summed E-state index contributed by atoms with van der Waals surface area (Å²) in [4.78, 5) is 20.4. The van der Waals surface area contributed by atoms with Gasteiger partial charge in [-0.15, -0.1) is 22.7 Å². The number of aliphatic imine (C=N–C) groups is 1. The summed E-state index contributed by atoms with van der Waals surface area (Å²) >= 11 is 8.14. The lowest BCUT2D eigenvalue weighted by Gasteiger charge is -2.02. The predicted octanol–water partition coefficient (Wildman–Crippen LogP) is 4.98. The fourth-order valence-electron chi connectivity index (χ4n) is 3.28. The van der Waals surface area contributed by atoms with E-state index in [1.165, 1.54) is 22.7 Å². The Morgan fingerprint density at radius 1 is 1.12 bits per heavy atom. The Hall–Kier alpha value is -3.40. The zero-order chi connectivity index (χ0) is 23.9. The van der Waals surface area contributed by atoms with Crippen molar-refractivity contribution in [2.75, 3.05) is 0 Å². The summed E-state index contributed by atoms with van der Waals surface area (Å²) < 4.78 is 2.09. The van der Waals surface area contributed by atoms with E-state index in [1.54, 1.807) is 10.8 Å². The van der Waals surface area contributed by atoms with E-state index in [-0.39, 0.29) is 12.3 Å². The molecule has 0 atom stereocenters. The van der Waals surface area contributed by atoms with Gasteiger partial charge in [-0.05, 0) is 41.2 Å². The molecule has 0 unspecified atom stereocenters. The van der Waals surface area contributed by atoms with Crippen LogP contribution in [0.1, 0.15) is 17.7 Å². The number of carbonyl (C=O) groups is 1. The molecule has 34 heavy (non-hydrogen) atoms. The highest BCUT2D eigenvalue weighted by Gasteiger charge is 2.10. The maximum Gasteiger partial charge on any atom is 0.303 e. The van der Waals surface area contributed by atoms with Crippen molar-refractivity contribution in [1.29, 1.82) is 0 Å². The summed E-state index contributed by atoms with van der Waals surface area (Å²) in [6.45, 7) is 0.362. The van der Waals surface area contributed by atoms with E-state index in [0.717, 1.165) is 21.7 Å². The first-order valence-corrected chi connectivity index (χ1v) is 12.6.